The molecule has 1 heterocycles. The van der Waals surface area contributed by atoms with Crippen molar-refractivity contribution in [1.29, 1.82) is 0 Å². The summed E-state index contributed by atoms with van der Waals surface area (Å²) >= 11 is 0. The lowest BCUT2D eigenvalue weighted by atomic mass is 10.00. The van der Waals surface area contributed by atoms with Gasteiger partial charge in [0.15, 0.2) is 0 Å². The number of ether oxygens (including phenoxy) is 2. The number of carbonyl (C=O) groups is 1. The van der Waals surface area contributed by atoms with E-state index in [9.17, 15) is 18.0 Å². The molecular weight excluding hydrogens is 487 g/mol. The lowest BCUT2D eigenvalue weighted by Gasteiger charge is -2.15. The van der Waals surface area contributed by atoms with Gasteiger partial charge < -0.3 is 19.1 Å². The number of para-hydroxylation sites is 2. The molecule has 9 heteroatoms. The van der Waals surface area contributed by atoms with E-state index < -0.39 is 18.1 Å². The van der Waals surface area contributed by atoms with Crippen LogP contribution >= 0.6 is 0 Å². The molecule has 0 saturated carbocycles. The van der Waals surface area contributed by atoms with Gasteiger partial charge >= 0.3 is 12.3 Å². The highest BCUT2D eigenvalue weighted by molar-refractivity contribution is 5.74. The van der Waals surface area contributed by atoms with E-state index in [0.717, 1.165) is 11.1 Å². The number of aromatic nitrogens is 1. The van der Waals surface area contributed by atoms with Crippen molar-refractivity contribution in [2.45, 2.75) is 39.2 Å². The second-order valence-corrected chi connectivity index (χ2v) is 8.63. The smallest absolute Gasteiger partial charge is 0.488 e. The van der Waals surface area contributed by atoms with Crippen molar-refractivity contribution in [2.24, 2.45) is 0 Å². The summed E-state index contributed by atoms with van der Waals surface area (Å²) in [4.78, 5) is 11.1. The van der Waals surface area contributed by atoms with Gasteiger partial charge in [0.05, 0.1) is 12.0 Å². The molecule has 0 amide bonds. The quantitative estimate of drug-likeness (QED) is 0.255. The fourth-order valence-electron chi connectivity index (χ4n) is 4.01. The molecule has 1 N–H and O–H groups in total. The van der Waals surface area contributed by atoms with Gasteiger partial charge in [-0.2, -0.15) is 0 Å². The van der Waals surface area contributed by atoms with E-state index in [4.69, 9.17) is 14.4 Å². The number of rotatable bonds is 9. The van der Waals surface area contributed by atoms with E-state index in [1.165, 1.54) is 18.2 Å². The van der Waals surface area contributed by atoms with Gasteiger partial charge in [-0.15, -0.1) is 13.2 Å². The molecular formula is C28H24F3NO5. The molecule has 6 nitrogen and oxygen atoms in total. The standard InChI is InChI=1S/C28H24F3NO5/c1-17(2)27-22(26(32-37-27)21-11-4-6-13-24(21)36-28(29,30)31)16-35-23-12-5-3-10-20(23)19-9-7-8-18(14-19)15-25(33)34/h3-14,17H,15-16H2,1-2H3,(H,33,34). The number of carboxylic acid groups (broad SMARTS) is 1. The minimum atomic E-state index is -4.87. The molecule has 0 atom stereocenters. The van der Waals surface area contributed by atoms with Crippen LogP contribution < -0.4 is 9.47 Å². The maximum Gasteiger partial charge on any atom is 0.573 e. The lowest BCUT2D eigenvalue weighted by molar-refractivity contribution is -0.274. The van der Waals surface area contributed by atoms with E-state index in [2.05, 4.69) is 9.89 Å². The van der Waals surface area contributed by atoms with Crippen molar-refractivity contribution < 1.29 is 37.1 Å². The molecule has 4 rings (SSSR count). The van der Waals surface area contributed by atoms with Crippen LogP contribution in [-0.2, 0) is 17.8 Å². The maximum atomic E-state index is 13.0. The first-order valence-corrected chi connectivity index (χ1v) is 11.5. The summed E-state index contributed by atoms with van der Waals surface area (Å²) in [5, 5.41) is 13.2. The number of carboxylic acids is 1. The fourth-order valence-corrected chi connectivity index (χ4v) is 4.01. The van der Waals surface area contributed by atoms with E-state index >= 15 is 0 Å². The van der Waals surface area contributed by atoms with Crippen LogP contribution in [-0.4, -0.2) is 22.6 Å². The van der Waals surface area contributed by atoms with Gasteiger partial charge in [0.2, 0.25) is 0 Å². The third-order valence-electron chi connectivity index (χ3n) is 5.56. The third-order valence-corrected chi connectivity index (χ3v) is 5.56. The predicted octanol–water partition coefficient (Wildman–Crippen LogP) is 7.24. The average Bonchev–Trinajstić information content (AvgIpc) is 3.26. The summed E-state index contributed by atoms with van der Waals surface area (Å²) in [5.74, 6) is -0.443. The molecule has 0 unspecified atom stereocenters. The Labute approximate surface area is 211 Å². The van der Waals surface area contributed by atoms with E-state index in [1.807, 2.05) is 32.0 Å². The first kappa shape index (κ1) is 25.8. The van der Waals surface area contributed by atoms with E-state index in [1.54, 1.807) is 36.4 Å². The zero-order valence-electron chi connectivity index (χ0n) is 20.1. The Hall–Kier alpha value is -4.27. The summed E-state index contributed by atoms with van der Waals surface area (Å²) in [5.41, 5.74) is 2.98. The van der Waals surface area contributed by atoms with Crippen LogP contribution in [0.5, 0.6) is 11.5 Å². The van der Waals surface area contributed by atoms with Crippen molar-refractivity contribution in [1.82, 2.24) is 5.16 Å². The Morgan fingerprint density at radius 2 is 1.65 bits per heavy atom. The van der Waals surface area contributed by atoms with Crippen LogP contribution in [0.3, 0.4) is 0 Å². The highest BCUT2D eigenvalue weighted by Gasteiger charge is 2.33. The molecule has 4 aromatic rings. The monoisotopic (exact) mass is 511 g/mol. The molecule has 192 valence electrons. The number of alkyl halides is 3. The summed E-state index contributed by atoms with van der Waals surface area (Å²) in [7, 11) is 0. The SMILES string of the molecule is CC(C)c1onc(-c2ccccc2OC(F)(F)F)c1COc1ccccc1-c1cccc(CC(=O)O)c1. The Morgan fingerprint density at radius 3 is 2.32 bits per heavy atom. The van der Waals surface area contributed by atoms with E-state index in [0.29, 0.717) is 22.6 Å². The zero-order chi connectivity index (χ0) is 26.6. The van der Waals surface area contributed by atoms with Gasteiger partial charge in [-0.3, -0.25) is 4.79 Å². The number of benzene rings is 3. The molecule has 0 aliphatic heterocycles. The van der Waals surface area contributed by atoms with Crippen LogP contribution in [0.15, 0.2) is 77.3 Å². The summed E-state index contributed by atoms with van der Waals surface area (Å²) < 4.78 is 55.0. The van der Waals surface area contributed by atoms with Gasteiger partial charge in [-0.1, -0.05) is 73.6 Å². The molecule has 0 saturated heterocycles. The van der Waals surface area contributed by atoms with Crippen molar-refractivity contribution in [3.63, 3.8) is 0 Å². The minimum absolute atomic E-state index is 0.0292. The van der Waals surface area contributed by atoms with E-state index in [-0.39, 0.29) is 30.2 Å². The Balaban J connectivity index is 1.69. The highest BCUT2D eigenvalue weighted by atomic mass is 19.4. The number of hydrogen-bond acceptors (Lipinski definition) is 5. The summed E-state index contributed by atoms with van der Waals surface area (Å²) in [6.45, 7) is 3.74. The highest BCUT2D eigenvalue weighted by Crippen LogP contribution is 2.38. The number of hydrogen-bond donors (Lipinski definition) is 1. The van der Waals surface area contributed by atoms with Gasteiger partial charge in [-0.25, -0.2) is 0 Å². The molecule has 0 radical (unpaired) electrons. The second-order valence-electron chi connectivity index (χ2n) is 8.63. The largest absolute Gasteiger partial charge is 0.573 e. The zero-order valence-corrected chi connectivity index (χ0v) is 20.1. The first-order chi connectivity index (χ1) is 17.6. The molecule has 0 bridgehead atoms. The van der Waals surface area contributed by atoms with Crippen molar-refractivity contribution >= 4 is 5.97 Å². The van der Waals surface area contributed by atoms with Gasteiger partial charge in [0.1, 0.15) is 29.6 Å². The summed E-state index contributed by atoms with van der Waals surface area (Å²) in [6.07, 6.45) is -4.98. The summed E-state index contributed by atoms with van der Waals surface area (Å²) in [6, 6.07) is 20.1. The average molecular weight is 511 g/mol. The predicted molar refractivity (Wildman–Crippen MR) is 130 cm³/mol. The molecule has 1 aromatic heterocycles. The van der Waals surface area contributed by atoms with Gasteiger partial charge in [0, 0.05) is 17.0 Å². The normalized spacial score (nSPS) is 11.5. The fraction of sp³-hybridized carbons (Fsp3) is 0.214. The van der Waals surface area contributed by atoms with Crippen molar-refractivity contribution in [3.8, 4) is 33.9 Å². The lowest BCUT2D eigenvalue weighted by Crippen LogP contribution is -2.17. The molecule has 37 heavy (non-hydrogen) atoms. The second kappa shape index (κ2) is 10.8. The van der Waals surface area contributed by atoms with Gasteiger partial charge in [-0.05, 0) is 29.3 Å². The molecule has 0 spiro atoms. The van der Waals surface area contributed by atoms with Crippen molar-refractivity contribution in [2.75, 3.05) is 0 Å². The molecule has 0 aliphatic carbocycles. The van der Waals surface area contributed by atoms with Crippen molar-refractivity contribution in [3.05, 3.63) is 89.7 Å². The van der Waals surface area contributed by atoms with Crippen LogP contribution in [0.2, 0.25) is 0 Å². The Kier molecular flexibility index (Phi) is 7.52. The molecule has 3 aromatic carbocycles. The molecule has 0 fully saturated rings. The Morgan fingerprint density at radius 1 is 0.973 bits per heavy atom. The maximum absolute atomic E-state index is 13.0. The van der Waals surface area contributed by atoms with Gasteiger partial charge in [0.25, 0.3) is 0 Å². The van der Waals surface area contributed by atoms with Crippen LogP contribution in [0, 0.1) is 0 Å². The number of halogens is 3. The molecule has 0 aliphatic rings. The third kappa shape index (κ3) is 6.30. The number of nitrogens with zero attached hydrogens (tertiary/aromatic N) is 1. The van der Waals surface area contributed by atoms with Crippen LogP contribution in [0.25, 0.3) is 22.4 Å². The Bertz CT molecular complexity index is 1390. The first-order valence-electron chi connectivity index (χ1n) is 11.5. The van der Waals surface area contributed by atoms with Crippen LogP contribution in [0.4, 0.5) is 13.2 Å². The topological polar surface area (TPSA) is 81.8 Å². The van der Waals surface area contributed by atoms with Crippen LogP contribution in [0.1, 0.15) is 36.7 Å². The minimum Gasteiger partial charge on any atom is -0.488 e. The number of aliphatic carboxylic acids is 1.